The molecule has 3 aliphatic rings. The lowest BCUT2D eigenvalue weighted by molar-refractivity contribution is -0.155. The van der Waals surface area contributed by atoms with Crippen molar-refractivity contribution >= 4 is 35.1 Å². The predicted octanol–water partition coefficient (Wildman–Crippen LogP) is 3.12. The average molecular weight is 517 g/mol. The van der Waals surface area contributed by atoms with Crippen LogP contribution < -0.4 is 4.90 Å². The zero-order chi connectivity index (χ0) is 26.0. The molecule has 2 bridgehead atoms. The number of allylic oxidation sites excluding steroid dienone is 1. The molecule has 0 saturated carbocycles. The number of aliphatic hydroxyl groups excluding tert-OH is 1. The van der Waals surface area contributed by atoms with Crippen LogP contribution in [0.2, 0.25) is 5.02 Å². The molecular formula is C27H33ClN2O6. The van der Waals surface area contributed by atoms with Gasteiger partial charge in [0.2, 0.25) is 5.91 Å². The van der Waals surface area contributed by atoms with Crippen LogP contribution in [0.25, 0.3) is 0 Å². The standard InChI is InChI=1S/C27H33ClN2O6/c1-4-6-9-15-35-26(34)21-20-12-13-27(36-20)22(21)24(32)30(17(3)16-31)23(27)25(33)29(14-5-2)19-11-8-7-10-18(19)28/h4-5,7-8,10-11,17,20-23,31H,1-2,6,9,12-16H2,3H3/t17-,20+,21-,22+,23?,27?/m1/s1. The highest BCUT2D eigenvalue weighted by molar-refractivity contribution is 6.34. The van der Waals surface area contributed by atoms with Crippen LogP contribution in [-0.2, 0) is 23.9 Å². The number of anilines is 1. The Morgan fingerprint density at radius 2 is 2.11 bits per heavy atom. The molecule has 3 aliphatic heterocycles. The number of carbonyl (C=O) groups is 3. The van der Waals surface area contributed by atoms with Gasteiger partial charge in [0.15, 0.2) is 0 Å². The minimum absolute atomic E-state index is 0.160. The van der Waals surface area contributed by atoms with E-state index in [0.717, 1.165) is 0 Å². The summed E-state index contributed by atoms with van der Waals surface area (Å²) < 4.78 is 11.9. The van der Waals surface area contributed by atoms with E-state index < -0.39 is 41.6 Å². The van der Waals surface area contributed by atoms with Gasteiger partial charge < -0.3 is 24.4 Å². The van der Waals surface area contributed by atoms with E-state index in [2.05, 4.69) is 13.2 Å². The first-order valence-electron chi connectivity index (χ1n) is 12.4. The molecule has 9 heteroatoms. The first-order valence-corrected chi connectivity index (χ1v) is 12.7. The van der Waals surface area contributed by atoms with Gasteiger partial charge in [-0.3, -0.25) is 14.4 Å². The fourth-order valence-electron chi connectivity index (χ4n) is 5.95. The van der Waals surface area contributed by atoms with Crippen molar-refractivity contribution in [1.29, 1.82) is 0 Å². The lowest BCUT2D eigenvalue weighted by atomic mass is 9.70. The molecule has 36 heavy (non-hydrogen) atoms. The molecule has 1 aromatic carbocycles. The third-order valence-electron chi connectivity index (χ3n) is 7.50. The number of likely N-dealkylation sites (tertiary alicyclic amines) is 1. The highest BCUT2D eigenvalue weighted by atomic mass is 35.5. The number of ether oxygens (including phenoxy) is 2. The molecular weight excluding hydrogens is 484 g/mol. The van der Waals surface area contributed by atoms with E-state index in [1.54, 1.807) is 43.3 Å². The highest BCUT2D eigenvalue weighted by Crippen LogP contribution is 2.59. The second kappa shape index (κ2) is 10.7. The number of nitrogens with zero attached hydrogens (tertiary/aromatic N) is 2. The summed E-state index contributed by atoms with van der Waals surface area (Å²) in [7, 11) is 0. The molecule has 3 heterocycles. The number of halogens is 1. The highest BCUT2D eigenvalue weighted by Gasteiger charge is 2.75. The van der Waals surface area contributed by atoms with Gasteiger partial charge in [0.05, 0.1) is 47.9 Å². The van der Waals surface area contributed by atoms with E-state index in [-0.39, 0.29) is 31.6 Å². The molecule has 3 saturated heterocycles. The summed E-state index contributed by atoms with van der Waals surface area (Å²) in [5, 5.41) is 10.4. The van der Waals surface area contributed by atoms with Gasteiger partial charge in [-0.25, -0.2) is 0 Å². The number of hydrogen-bond donors (Lipinski definition) is 1. The van der Waals surface area contributed by atoms with Gasteiger partial charge in [0, 0.05) is 6.54 Å². The molecule has 194 valence electrons. The topological polar surface area (TPSA) is 96.4 Å². The van der Waals surface area contributed by atoms with E-state index in [0.29, 0.717) is 36.4 Å². The van der Waals surface area contributed by atoms with Crippen molar-refractivity contribution in [3.63, 3.8) is 0 Å². The Bertz CT molecular complexity index is 1050. The van der Waals surface area contributed by atoms with Gasteiger partial charge in [-0.2, -0.15) is 0 Å². The molecule has 3 fully saturated rings. The zero-order valence-electron chi connectivity index (χ0n) is 20.5. The van der Waals surface area contributed by atoms with Gasteiger partial charge in [0.25, 0.3) is 5.91 Å². The molecule has 2 amide bonds. The van der Waals surface area contributed by atoms with Gasteiger partial charge in [-0.15, -0.1) is 13.2 Å². The summed E-state index contributed by atoms with van der Waals surface area (Å²) in [5.74, 6) is -2.90. The third kappa shape index (κ3) is 4.25. The number of para-hydroxylation sites is 1. The summed E-state index contributed by atoms with van der Waals surface area (Å²) in [6.45, 7) is 9.17. The maximum atomic E-state index is 14.2. The molecule has 1 aromatic rings. The van der Waals surface area contributed by atoms with Gasteiger partial charge in [-0.05, 0) is 44.7 Å². The maximum Gasteiger partial charge on any atom is 0.312 e. The molecule has 0 radical (unpaired) electrons. The van der Waals surface area contributed by atoms with Gasteiger partial charge >= 0.3 is 5.97 Å². The minimum Gasteiger partial charge on any atom is -0.465 e. The van der Waals surface area contributed by atoms with Crippen LogP contribution in [0.4, 0.5) is 5.69 Å². The minimum atomic E-state index is -1.19. The Morgan fingerprint density at radius 3 is 2.78 bits per heavy atom. The number of carbonyl (C=O) groups excluding carboxylic acids is 3. The van der Waals surface area contributed by atoms with E-state index in [4.69, 9.17) is 21.1 Å². The molecule has 0 aliphatic carbocycles. The van der Waals surface area contributed by atoms with E-state index >= 15 is 0 Å². The summed E-state index contributed by atoms with van der Waals surface area (Å²) in [6.07, 6.45) is 5.18. The maximum absolute atomic E-state index is 14.2. The van der Waals surface area contributed by atoms with Crippen molar-refractivity contribution in [3.8, 4) is 0 Å². The first kappa shape index (κ1) is 26.4. The molecule has 1 spiro atoms. The fourth-order valence-corrected chi connectivity index (χ4v) is 6.19. The second-order valence-electron chi connectivity index (χ2n) is 9.62. The average Bonchev–Trinajstić information content (AvgIpc) is 3.52. The Labute approximate surface area is 216 Å². The molecule has 0 aromatic heterocycles. The molecule has 6 atom stereocenters. The van der Waals surface area contributed by atoms with Crippen molar-refractivity contribution in [3.05, 3.63) is 54.6 Å². The van der Waals surface area contributed by atoms with Gasteiger partial charge in [0.1, 0.15) is 11.6 Å². The van der Waals surface area contributed by atoms with Crippen LogP contribution in [0.15, 0.2) is 49.6 Å². The van der Waals surface area contributed by atoms with Crippen LogP contribution >= 0.6 is 11.6 Å². The lowest BCUT2D eigenvalue weighted by Crippen LogP contribution is -2.58. The number of aliphatic hydroxyl groups is 1. The monoisotopic (exact) mass is 516 g/mol. The smallest absolute Gasteiger partial charge is 0.312 e. The van der Waals surface area contributed by atoms with Crippen molar-refractivity contribution in [2.24, 2.45) is 11.8 Å². The van der Waals surface area contributed by atoms with Crippen LogP contribution in [0.3, 0.4) is 0 Å². The number of fused-ring (bicyclic) bond motifs is 1. The van der Waals surface area contributed by atoms with E-state index in [1.165, 1.54) is 9.80 Å². The normalized spacial score (nSPS) is 29.1. The van der Waals surface area contributed by atoms with Crippen LogP contribution in [0, 0.1) is 11.8 Å². The number of hydrogen-bond acceptors (Lipinski definition) is 6. The van der Waals surface area contributed by atoms with Crippen molar-refractivity contribution in [1.82, 2.24) is 4.90 Å². The van der Waals surface area contributed by atoms with E-state index in [9.17, 15) is 19.5 Å². The summed E-state index contributed by atoms with van der Waals surface area (Å²) >= 11 is 6.44. The molecule has 4 rings (SSSR count). The second-order valence-corrected chi connectivity index (χ2v) is 10.0. The van der Waals surface area contributed by atoms with Crippen LogP contribution in [-0.4, -0.2) is 71.3 Å². The van der Waals surface area contributed by atoms with Crippen molar-refractivity contribution in [2.75, 3.05) is 24.7 Å². The largest absolute Gasteiger partial charge is 0.465 e. The SMILES string of the molecule is C=CCCCOC(=O)[C@@H]1[C@@H]2CCC3(O2)C(C(=O)N(CC=C)c2ccccc2Cl)N([C@H](C)CO)C(=O)[C@H]13. The van der Waals surface area contributed by atoms with Crippen molar-refractivity contribution < 1.29 is 29.0 Å². The third-order valence-corrected chi connectivity index (χ3v) is 7.82. The number of amides is 2. The Balaban J connectivity index is 1.72. The summed E-state index contributed by atoms with van der Waals surface area (Å²) in [4.78, 5) is 44.1. The number of rotatable bonds is 11. The van der Waals surface area contributed by atoms with Crippen molar-refractivity contribution in [2.45, 2.75) is 56.4 Å². The quantitative estimate of drug-likeness (QED) is 0.276. The number of unbranched alkanes of at least 4 members (excludes halogenated alkanes) is 1. The number of esters is 1. The lowest BCUT2D eigenvalue weighted by Gasteiger charge is -2.38. The van der Waals surface area contributed by atoms with Crippen LogP contribution in [0.1, 0.15) is 32.6 Å². The predicted molar refractivity (Wildman–Crippen MR) is 135 cm³/mol. The van der Waals surface area contributed by atoms with E-state index in [1.807, 2.05) is 0 Å². The van der Waals surface area contributed by atoms with Crippen LogP contribution in [0.5, 0.6) is 0 Å². The Hall–Kier alpha value is -2.68. The summed E-state index contributed by atoms with van der Waals surface area (Å²) in [6, 6.07) is 5.27. The Morgan fingerprint density at radius 1 is 1.36 bits per heavy atom. The molecule has 1 N–H and O–H groups in total. The van der Waals surface area contributed by atoms with Gasteiger partial charge in [-0.1, -0.05) is 35.9 Å². The Kier molecular flexibility index (Phi) is 7.87. The zero-order valence-corrected chi connectivity index (χ0v) is 21.2. The summed E-state index contributed by atoms with van der Waals surface area (Å²) in [5.41, 5.74) is -0.702. The fraction of sp³-hybridized carbons (Fsp3) is 0.519. The molecule has 8 nitrogen and oxygen atoms in total. The molecule has 2 unspecified atom stereocenters. The first-order chi connectivity index (χ1) is 17.3. The number of benzene rings is 1.